The molecule has 1 aliphatic rings. The minimum absolute atomic E-state index is 0.00869. The Kier molecular flexibility index (Phi) is 8.01. The van der Waals surface area contributed by atoms with Crippen LogP contribution in [0.1, 0.15) is 11.1 Å². The number of hydrogen-bond donors (Lipinski definition) is 1. The summed E-state index contributed by atoms with van der Waals surface area (Å²) in [5.41, 5.74) is 2.03. The molecule has 12 heteroatoms. The van der Waals surface area contributed by atoms with Crippen molar-refractivity contribution in [3.63, 3.8) is 0 Å². The number of aliphatic imine (C=N–C) groups is 1. The number of amidine groups is 1. The first-order valence-corrected chi connectivity index (χ1v) is 14.0. The van der Waals surface area contributed by atoms with Gasteiger partial charge in [-0.15, -0.1) is 0 Å². The van der Waals surface area contributed by atoms with Crippen molar-refractivity contribution in [1.82, 2.24) is 5.32 Å². The largest absolute Gasteiger partial charge is 0.493 e. The van der Waals surface area contributed by atoms with E-state index in [0.29, 0.717) is 35.8 Å². The van der Waals surface area contributed by atoms with Crippen LogP contribution in [-0.2, 0) is 14.9 Å². The zero-order chi connectivity index (χ0) is 26.0. The van der Waals surface area contributed by atoms with Gasteiger partial charge in [-0.05, 0) is 88.7 Å². The highest BCUT2D eigenvalue weighted by Crippen LogP contribution is 2.40. The van der Waals surface area contributed by atoms with Crippen molar-refractivity contribution in [2.24, 2.45) is 4.99 Å². The normalized spacial score (nSPS) is 15.9. The topological polar surface area (TPSA) is 94.1 Å². The van der Waals surface area contributed by atoms with Crippen molar-refractivity contribution in [2.45, 2.75) is 11.8 Å². The second-order valence-electron chi connectivity index (χ2n) is 7.46. The van der Waals surface area contributed by atoms with Crippen LogP contribution < -0.4 is 14.2 Å². The Morgan fingerprint density at radius 2 is 1.78 bits per heavy atom. The predicted octanol–water partition coefficient (Wildman–Crippen LogP) is 6.73. The summed E-state index contributed by atoms with van der Waals surface area (Å²) in [6.07, 6.45) is 1.63. The van der Waals surface area contributed by atoms with Gasteiger partial charge in [0.15, 0.2) is 16.7 Å². The van der Waals surface area contributed by atoms with Crippen LogP contribution in [0.2, 0.25) is 10.0 Å². The summed E-state index contributed by atoms with van der Waals surface area (Å²) in [5.74, 6) is -0.179. The molecule has 3 aromatic carbocycles. The number of benzene rings is 3. The van der Waals surface area contributed by atoms with Gasteiger partial charge in [0.05, 0.1) is 32.2 Å². The lowest BCUT2D eigenvalue weighted by Crippen LogP contribution is -2.19. The Labute approximate surface area is 230 Å². The summed E-state index contributed by atoms with van der Waals surface area (Å²) >= 11 is 16.5. The second-order valence-corrected chi connectivity index (χ2v) is 11.7. The first-order valence-electron chi connectivity index (χ1n) is 10.2. The molecule has 0 radical (unpaired) electrons. The van der Waals surface area contributed by atoms with E-state index < -0.39 is 10.1 Å². The third-order valence-electron chi connectivity index (χ3n) is 4.84. The number of carbonyl (C=O) groups excluding carboxylic acids is 1. The average Bonchev–Trinajstić information content (AvgIpc) is 3.16. The zero-order valence-electron chi connectivity index (χ0n) is 18.7. The molecule has 7 nitrogen and oxygen atoms in total. The quantitative estimate of drug-likeness (QED) is 0.240. The Hall–Kier alpha value is -2.50. The molecule has 4 rings (SSSR count). The van der Waals surface area contributed by atoms with E-state index in [1.807, 2.05) is 6.92 Å². The third kappa shape index (κ3) is 6.07. The van der Waals surface area contributed by atoms with Gasteiger partial charge in [-0.1, -0.05) is 40.9 Å². The van der Waals surface area contributed by atoms with Crippen LogP contribution in [-0.4, -0.2) is 26.6 Å². The van der Waals surface area contributed by atoms with Gasteiger partial charge >= 0.3 is 10.1 Å². The summed E-state index contributed by atoms with van der Waals surface area (Å²) < 4.78 is 36.6. The van der Waals surface area contributed by atoms with Gasteiger partial charge < -0.3 is 14.2 Å². The molecule has 1 amide bonds. The average molecular weight is 628 g/mol. The van der Waals surface area contributed by atoms with Crippen LogP contribution in [0.25, 0.3) is 6.08 Å². The number of carbonyl (C=O) groups is 1. The van der Waals surface area contributed by atoms with Gasteiger partial charge in [-0.3, -0.25) is 4.79 Å². The van der Waals surface area contributed by atoms with Crippen molar-refractivity contribution in [1.29, 1.82) is 0 Å². The molecule has 1 saturated heterocycles. The maximum Gasteiger partial charge on any atom is 0.339 e. The Morgan fingerprint density at radius 3 is 2.44 bits per heavy atom. The first kappa shape index (κ1) is 26.6. The number of methoxy groups -OCH3 is 1. The molecule has 186 valence electrons. The highest BCUT2D eigenvalue weighted by atomic mass is 79.9. The number of hydrogen-bond acceptors (Lipinski definition) is 7. The molecule has 0 spiro atoms. The summed E-state index contributed by atoms with van der Waals surface area (Å²) in [7, 11) is -2.71. The maximum absolute atomic E-state index is 12.8. The number of thioether (sulfide) groups is 1. The van der Waals surface area contributed by atoms with E-state index in [1.54, 1.807) is 48.5 Å². The van der Waals surface area contributed by atoms with E-state index in [9.17, 15) is 13.2 Å². The summed E-state index contributed by atoms with van der Waals surface area (Å²) in [6, 6.07) is 14.4. The van der Waals surface area contributed by atoms with Crippen molar-refractivity contribution >= 4 is 83.9 Å². The minimum atomic E-state index is -4.10. The lowest BCUT2D eigenvalue weighted by atomic mass is 10.2. The van der Waals surface area contributed by atoms with E-state index in [0.717, 1.165) is 17.3 Å². The molecule has 0 aromatic heterocycles. The number of aryl methyl sites for hydroxylation is 1. The van der Waals surface area contributed by atoms with E-state index in [-0.39, 0.29) is 22.3 Å². The summed E-state index contributed by atoms with van der Waals surface area (Å²) in [4.78, 5) is 17.3. The van der Waals surface area contributed by atoms with Gasteiger partial charge in [0.1, 0.15) is 4.90 Å². The molecule has 0 aliphatic carbocycles. The van der Waals surface area contributed by atoms with Crippen molar-refractivity contribution in [3.05, 3.63) is 85.1 Å². The second kappa shape index (κ2) is 10.9. The Bertz CT molecular complexity index is 1520. The van der Waals surface area contributed by atoms with Gasteiger partial charge in [0.25, 0.3) is 5.91 Å². The van der Waals surface area contributed by atoms with Crippen LogP contribution in [0.5, 0.6) is 11.5 Å². The van der Waals surface area contributed by atoms with Crippen molar-refractivity contribution in [2.75, 3.05) is 7.11 Å². The lowest BCUT2D eigenvalue weighted by molar-refractivity contribution is -0.115. The molecule has 0 unspecified atom stereocenters. The fraction of sp³-hybridized carbons (Fsp3) is 0.0833. The third-order valence-corrected chi connectivity index (χ3v) is 8.31. The maximum atomic E-state index is 12.8. The molecule has 1 aliphatic heterocycles. The highest BCUT2D eigenvalue weighted by molar-refractivity contribution is 9.10. The minimum Gasteiger partial charge on any atom is -0.493 e. The van der Waals surface area contributed by atoms with Crippen LogP contribution >= 0.6 is 50.9 Å². The van der Waals surface area contributed by atoms with Crippen LogP contribution in [0, 0.1) is 6.92 Å². The summed E-state index contributed by atoms with van der Waals surface area (Å²) in [5, 5.41) is 3.83. The van der Waals surface area contributed by atoms with E-state index in [2.05, 4.69) is 26.2 Å². The molecule has 0 bridgehead atoms. The molecule has 1 heterocycles. The number of nitrogens with one attached hydrogen (secondary N) is 1. The predicted molar refractivity (Wildman–Crippen MR) is 147 cm³/mol. The molecule has 1 fully saturated rings. The lowest BCUT2D eigenvalue weighted by Gasteiger charge is -2.13. The van der Waals surface area contributed by atoms with Crippen LogP contribution in [0.15, 0.2) is 73.9 Å². The van der Waals surface area contributed by atoms with E-state index in [4.69, 9.17) is 32.1 Å². The molecule has 36 heavy (non-hydrogen) atoms. The number of ether oxygens (including phenoxy) is 1. The van der Waals surface area contributed by atoms with Gasteiger partial charge in [0.2, 0.25) is 0 Å². The molecule has 0 atom stereocenters. The van der Waals surface area contributed by atoms with Gasteiger partial charge in [0, 0.05) is 0 Å². The molecule has 3 aromatic rings. The fourth-order valence-corrected chi connectivity index (χ4v) is 5.81. The smallest absolute Gasteiger partial charge is 0.339 e. The molecule has 1 N–H and O–H groups in total. The Balaban J connectivity index is 1.60. The van der Waals surface area contributed by atoms with Gasteiger partial charge in [-0.25, -0.2) is 4.99 Å². The molecular formula is C24H17BrCl2N2O5S2. The van der Waals surface area contributed by atoms with Crippen molar-refractivity contribution < 1.29 is 22.1 Å². The number of halogens is 3. The van der Waals surface area contributed by atoms with E-state index >= 15 is 0 Å². The molecule has 0 saturated carbocycles. The number of rotatable bonds is 6. The monoisotopic (exact) mass is 626 g/mol. The van der Waals surface area contributed by atoms with E-state index in [1.165, 1.54) is 19.2 Å². The summed E-state index contributed by atoms with van der Waals surface area (Å²) in [6.45, 7) is 1.86. The fourth-order valence-electron chi connectivity index (χ4n) is 3.07. The SMILES string of the molecule is COc1cc(/C=C2/SC(=Nc3ccc(Cl)c(Cl)c3)NC2=O)cc(Br)c1OS(=O)(=O)c1ccc(C)cc1. The van der Waals surface area contributed by atoms with Crippen molar-refractivity contribution in [3.8, 4) is 11.5 Å². The number of amides is 1. The van der Waals surface area contributed by atoms with Gasteiger partial charge in [-0.2, -0.15) is 8.42 Å². The Morgan fingerprint density at radius 1 is 1.06 bits per heavy atom. The van der Waals surface area contributed by atoms with Crippen LogP contribution in [0.4, 0.5) is 5.69 Å². The standard InChI is InChI=1S/C24H17BrCl2N2O5S2/c1-13-3-6-16(7-4-13)36(31,32)34-22-17(25)9-14(10-20(22)33-2)11-21-23(30)29-24(35-21)28-15-5-8-18(26)19(27)12-15/h3-12H,1-2H3,(H,28,29,30)/b21-11+. The first-order chi connectivity index (χ1) is 17.1. The van der Waals surface area contributed by atoms with Crippen LogP contribution in [0.3, 0.4) is 0 Å². The highest BCUT2D eigenvalue weighted by Gasteiger charge is 2.25. The molecular weight excluding hydrogens is 611 g/mol. The number of nitrogens with zero attached hydrogens (tertiary/aromatic N) is 1. The zero-order valence-corrected chi connectivity index (χ0v) is 23.4.